The zero-order valence-corrected chi connectivity index (χ0v) is 13.2. The number of rotatable bonds is 8. The van der Waals surface area contributed by atoms with Crippen LogP contribution in [0.25, 0.3) is 0 Å². The van der Waals surface area contributed by atoms with E-state index in [0.29, 0.717) is 5.92 Å². The maximum absolute atomic E-state index is 13.0. The lowest BCUT2D eigenvalue weighted by molar-refractivity contribution is -0.00622. The van der Waals surface area contributed by atoms with Gasteiger partial charge in [0.25, 0.3) is 0 Å². The predicted octanol–water partition coefficient (Wildman–Crippen LogP) is 4.11. The van der Waals surface area contributed by atoms with E-state index in [2.05, 4.69) is 33.0 Å². The van der Waals surface area contributed by atoms with Gasteiger partial charge in [-0.15, -0.1) is 0 Å². The SMILES string of the molecule is CCCNCC(CCOC(C)(C)C)c1ccc(F)cc1. The molecule has 1 unspecified atom stereocenters. The van der Waals surface area contributed by atoms with Crippen molar-refractivity contribution in [2.45, 2.75) is 52.1 Å². The molecule has 0 amide bonds. The standard InChI is InChI=1S/C17H28FNO/c1-5-11-19-13-15(10-12-20-17(2,3)4)14-6-8-16(18)9-7-14/h6-9,15,19H,5,10-13H2,1-4H3. The molecule has 20 heavy (non-hydrogen) atoms. The van der Waals surface area contributed by atoms with Gasteiger partial charge < -0.3 is 10.1 Å². The first-order valence-electron chi connectivity index (χ1n) is 7.52. The molecule has 0 bridgehead atoms. The lowest BCUT2D eigenvalue weighted by atomic mass is 9.95. The molecule has 1 atom stereocenters. The lowest BCUT2D eigenvalue weighted by Gasteiger charge is -2.23. The van der Waals surface area contributed by atoms with Crippen molar-refractivity contribution in [3.05, 3.63) is 35.6 Å². The van der Waals surface area contributed by atoms with Gasteiger partial charge >= 0.3 is 0 Å². The van der Waals surface area contributed by atoms with E-state index < -0.39 is 0 Å². The van der Waals surface area contributed by atoms with Crippen molar-refractivity contribution in [2.75, 3.05) is 19.7 Å². The van der Waals surface area contributed by atoms with E-state index in [9.17, 15) is 4.39 Å². The molecule has 1 aromatic rings. The van der Waals surface area contributed by atoms with Gasteiger partial charge in [-0.1, -0.05) is 19.1 Å². The van der Waals surface area contributed by atoms with Crippen LogP contribution >= 0.6 is 0 Å². The van der Waals surface area contributed by atoms with Crippen LogP contribution in [0.3, 0.4) is 0 Å². The highest BCUT2D eigenvalue weighted by Crippen LogP contribution is 2.21. The summed E-state index contributed by atoms with van der Waals surface area (Å²) in [5, 5.41) is 3.45. The second-order valence-electron chi connectivity index (χ2n) is 6.20. The highest BCUT2D eigenvalue weighted by Gasteiger charge is 2.15. The molecule has 1 rings (SSSR count). The molecule has 2 nitrogen and oxygen atoms in total. The summed E-state index contributed by atoms with van der Waals surface area (Å²) in [6.45, 7) is 11.0. The minimum Gasteiger partial charge on any atom is -0.376 e. The molecule has 0 saturated carbocycles. The second kappa shape index (κ2) is 8.38. The predicted molar refractivity (Wildman–Crippen MR) is 82.6 cm³/mol. The maximum Gasteiger partial charge on any atom is 0.123 e. The van der Waals surface area contributed by atoms with Crippen LogP contribution in [-0.4, -0.2) is 25.3 Å². The summed E-state index contributed by atoms with van der Waals surface area (Å²) < 4.78 is 18.8. The average Bonchev–Trinajstić information content (AvgIpc) is 2.37. The zero-order chi connectivity index (χ0) is 15.0. The minimum atomic E-state index is -0.181. The normalized spacial score (nSPS) is 13.4. The molecule has 1 aromatic carbocycles. The molecule has 0 radical (unpaired) electrons. The summed E-state index contributed by atoms with van der Waals surface area (Å²) in [5.41, 5.74) is 1.07. The van der Waals surface area contributed by atoms with Crippen LogP contribution in [0.5, 0.6) is 0 Å². The molecule has 0 fully saturated rings. The van der Waals surface area contributed by atoms with Gasteiger partial charge in [0.15, 0.2) is 0 Å². The monoisotopic (exact) mass is 281 g/mol. The fourth-order valence-corrected chi connectivity index (χ4v) is 2.08. The summed E-state index contributed by atoms with van der Waals surface area (Å²) in [4.78, 5) is 0. The van der Waals surface area contributed by atoms with Crippen molar-refractivity contribution < 1.29 is 9.13 Å². The number of benzene rings is 1. The Hall–Kier alpha value is -0.930. The third-order valence-electron chi connectivity index (χ3n) is 3.16. The molecule has 0 saturated heterocycles. The number of hydrogen-bond donors (Lipinski definition) is 1. The van der Waals surface area contributed by atoms with Crippen molar-refractivity contribution >= 4 is 0 Å². The van der Waals surface area contributed by atoms with Gasteiger partial charge in [-0.25, -0.2) is 4.39 Å². The van der Waals surface area contributed by atoms with Gasteiger partial charge in [0.2, 0.25) is 0 Å². The van der Waals surface area contributed by atoms with Gasteiger partial charge in [-0.05, 0) is 63.8 Å². The molecule has 0 aliphatic rings. The Morgan fingerprint density at radius 1 is 1.20 bits per heavy atom. The Morgan fingerprint density at radius 2 is 1.85 bits per heavy atom. The molecule has 0 aromatic heterocycles. The molecule has 0 spiro atoms. The fourth-order valence-electron chi connectivity index (χ4n) is 2.08. The van der Waals surface area contributed by atoms with Gasteiger partial charge in [0.05, 0.1) is 5.60 Å². The molecular weight excluding hydrogens is 253 g/mol. The molecule has 114 valence electrons. The van der Waals surface area contributed by atoms with Crippen LogP contribution in [0.1, 0.15) is 52.0 Å². The number of halogens is 1. The van der Waals surface area contributed by atoms with Gasteiger partial charge in [0, 0.05) is 13.2 Å². The van der Waals surface area contributed by atoms with Crippen LogP contribution in [0.4, 0.5) is 4.39 Å². The minimum absolute atomic E-state index is 0.107. The van der Waals surface area contributed by atoms with Crippen molar-refractivity contribution in [3.8, 4) is 0 Å². The zero-order valence-electron chi connectivity index (χ0n) is 13.2. The quantitative estimate of drug-likeness (QED) is 0.724. The third kappa shape index (κ3) is 7.01. The van der Waals surface area contributed by atoms with E-state index in [-0.39, 0.29) is 11.4 Å². The van der Waals surface area contributed by atoms with Crippen LogP contribution < -0.4 is 5.32 Å². The summed E-state index contributed by atoms with van der Waals surface area (Å²) >= 11 is 0. The second-order valence-corrected chi connectivity index (χ2v) is 6.20. The van der Waals surface area contributed by atoms with Gasteiger partial charge in [-0.2, -0.15) is 0 Å². The first kappa shape index (κ1) is 17.1. The van der Waals surface area contributed by atoms with Crippen molar-refractivity contribution in [3.63, 3.8) is 0 Å². The van der Waals surface area contributed by atoms with Crippen molar-refractivity contribution in [1.29, 1.82) is 0 Å². The highest BCUT2D eigenvalue weighted by molar-refractivity contribution is 5.20. The largest absolute Gasteiger partial charge is 0.376 e. The third-order valence-corrected chi connectivity index (χ3v) is 3.16. The first-order chi connectivity index (χ1) is 9.42. The Kier molecular flexibility index (Phi) is 7.17. The van der Waals surface area contributed by atoms with E-state index >= 15 is 0 Å². The Morgan fingerprint density at radius 3 is 2.40 bits per heavy atom. The maximum atomic E-state index is 13.0. The molecular formula is C17H28FNO. The summed E-state index contributed by atoms with van der Waals surface area (Å²) in [5.74, 6) is 0.185. The summed E-state index contributed by atoms with van der Waals surface area (Å²) in [6.07, 6.45) is 2.06. The Bertz CT molecular complexity index is 370. The summed E-state index contributed by atoms with van der Waals surface area (Å²) in [6, 6.07) is 6.83. The molecule has 0 aliphatic carbocycles. The highest BCUT2D eigenvalue weighted by atomic mass is 19.1. The van der Waals surface area contributed by atoms with E-state index in [1.807, 2.05) is 12.1 Å². The Balaban J connectivity index is 2.57. The van der Waals surface area contributed by atoms with Gasteiger partial charge in [-0.3, -0.25) is 0 Å². The number of nitrogens with one attached hydrogen (secondary N) is 1. The molecule has 0 aliphatic heterocycles. The van der Waals surface area contributed by atoms with Crippen LogP contribution in [-0.2, 0) is 4.74 Å². The topological polar surface area (TPSA) is 21.3 Å². The first-order valence-corrected chi connectivity index (χ1v) is 7.52. The van der Waals surface area contributed by atoms with E-state index in [1.54, 1.807) is 0 Å². The smallest absolute Gasteiger partial charge is 0.123 e. The Labute approximate surface area is 122 Å². The molecule has 3 heteroatoms. The van der Waals surface area contributed by atoms with Crippen LogP contribution in [0.15, 0.2) is 24.3 Å². The fraction of sp³-hybridized carbons (Fsp3) is 0.647. The average molecular weight is 281 g/mol. The van der Waals surface area contributed by atoms with E-state index in [4.69, 9.17) is 4.74 Å². The van der Waals surface area contributed by atoms with E-state index in [1.165, 1.54) is 17.7 Å². The van der Waals surface area contributed by atoms with Crippen LogP contribution in [0, 0.1) is 5.82 Å². The summed E-state index contributed by atoms with van der Waals surface area (Å²) in [7, 11) is 0. The van der Waals surface area contributed by atoms with Crippen molar-refractivity contribution in [2.24, 2.45) is 0 Å². The number of ether oxygens (including phenoxy) is 1. The van der Waals surface area contributed by atoms with E-state index in [0.717, 1.165) is 32.5 Å². The molecule has 0 heterocycles. The molecule has 1 N–H and O–H groups in total. The lowest BCUT2D eigenvalue weighted by Crippen LogP contribution is -2.25. The van der Waals surface area contributed by atoms with Crippen molar-refractivity contribution in [1.82, 2.24) is 5.32 Å². The van der Waals surface area contributed by atoms with Gasteiger partial charge in [0.1, 0.15) is 5.82 Å². The number of hydrogen-bond acceptors (Lipinski definition) is 2. The van der Waals surface area contributed by atoms with Crippen LogP contribution in [0.2, 0.25) is 0 Å².